The number of anilines is 1. The first-order chi connectivity index (χ1) is 12.2. The summed E-state index contributed by atoms with van der Waals surface area (Å²) >= 11 is 0. The zero-order valence-electron chi connectivity index (χ0n) is 14.1. The number of amides is 1. The Hall–Kier alpha value is -2.96. The Kier molecular flexibility index (Phi) is 4.05. The van der Waals surface area contributed by atoms with Gasteiger partial charge in [0.05, 0.1) is 17.4 Å². The topological polar surface area (TPSA) is 78.0 Å². The predicted octanol–water partition coefficient (Wildman–Crippen LogP) is 2.01. The predicted molar refractivity (Wildman–Crippen MR) is 95.6 cm³/mol. The summed E-state index contributed by atoms with van der Waals surface area (Å²) in [5.74, 6) is 1.76. The normalized spacial score (nSPS) is 15.4. The highest BCUT2D eigenvalue weighted by molar-refractivity contribution is 5.97. The summed E-state index contributed by atoms with van der Waals surface area (Å²) in [7, 11) is 0. The molecule has 3 aromatic rings. The summed E-state index contributed by atoms with van der Waals surface area (Å²) in [5, 5.41) is 0. The number of aromatic amines is 1. The van der Waals surface area contributed by atoms with Crippen molar-refractivity contribution in [2.45, 2.75) is 13.3 Å². The molecule has 0 bridgehead atoms. The summed E-state index contributed by atoms with van der Waals surface area (Å²) in [5.41, 5.74) is 2.46. The molecule has 0 spiro atoms. The Morgan fingerprint density at radius 3 is 2.92 bits per heavy atom. The van der Waals surface area contributed by atoms with Gasteiger partial charge in [-0.15, -0.1) is 0 Å². The number of rotatable bonds is 2. The van der Waals surface area contributed by atoms with Gasteiger partial charge in [-0.2, -0.15) is 0 Å². The van der Waals surface area contributed by atoms with E-state index in [0.29, 0.717) is 12.1 Å². The van der Waals surface area contributed by atoms with E-state index >= 15 is 0 Å². The van der Waals surface area contributed by atoms with Crippen LogP contribution in [0, 0.1) is 6.92 Å². The van der Waals surface area contributed by atoms with Crippen molar-refractivity contribution in [2.24, 2.45) is 0 Å². The first-order valence-corrected chi connectivity index (χ1v) is 8.48. The van der Waals surface area contributed by atoms with Crippen LogP contribution in [-0.4, -0.2) is 56.9 Å². The number of imidazole rings is 1. The van der Waals surface area contributed by atoms with Crippen LogP contribution in [0.3, 0.4) is 0 Å². The van der Waals surface area contributed by atoms with Crippen LogP contribution in [0.4, 0.5) is 5.82 Å². The highest BCUT2D eigenvalue weighted by Gasteiger charge is 2.21. The number of carbonyl (C=O) groups is 1. The second-order valence-electron chi connectivity index (χ2n) is 6.23. The van der Waals surface area contributed by atoms with E-state index in [1.807, 2.05) is 36.1 Å². The summed E-state index contributed by atoms with van der Waals surface area (Å²) in [6.45, 7) is 4.99. The van der Waals surface area contributed by atoms with Crippen LogP contribution in [0.25, 0.3) is 11.0 Å². The lowest BCUT2D eigenvalue weighted by Crippen LogP contribution is -2.35. The maximum absolute atomic E-state index is 12.9. The minimum atomic E-state index is 0.0669. The molecule has 25 heavy (non-hydrogen) atoms. The van der Waals surface area contributed by atoms with E-state index < -0.39 is 0 Å². The Morgan fingerprint density at radius 2 is 2.04 bits per heavy atom. The molecule has 1 amide bonds. The number of nitrogens with zero attached hydrogens (tertiary/aromatic N) is 5. The average molecular weight is 336 g/mol. The molecule has 7 nitrogen and oxygen atoms in total. The van der Waals surface area contributed by atoms with Crippen LogP contribution >= 0.6 is 0 Å². The van der Waals surface area contributed by atoms with Crippen molar-refractivity contribution in [3.8, 4) is 0 Å². The van der Waals surface area contributed by atoms with Crippen molar-refractivity contribution in [3.63, 3.8) is 0 Å². The number of hydrogen-bond donors (Lipinski definition) is 1. The van der Waals surface area contributed by atoms with Gasteiger partial charge in [-0.05, 0) is 37.6 Å². The lowest BCUT2D eigenvalue weighted by Gasteiger charge is -2.23. The van der Waals surface area contributed by atoms with Gasteiger partial charge in [0.2, 0.25) is 0 Å². The van der Waals surface area contributed by atoms with Gasteiger partial charge in [0, 0.05) is 37.9 Å². The molecule has 0 saturated carbocycles. The summed E-state index contributed by atoms with van der Waals surface area (Å²) < 4.78 is 0. The third-order valence-corrected chi connectivity index (χ3v) is 4.54. The van der Waals surface area contributed by atoms with E-state index in [1.54, 1.807) is 12.5 Å². The molecule has 1 aromatic carbocycles. The first kappa shape index (κ1) is 15.6. The van der Waals surface area contributed by atoms with Crippen molar-refractivity contribution in [1.82, 2.24) is 24.8 Å². The number of H-pyrrole nitrogens is 1. The summed E-state index contributed by atoms with van der Waals surface area (Å²) in [6, 6.07) is 7.53. The first-order valence-electron chi connectivity index (χ1n) is 8.48. The largest absolute Gasteiger partial charge is 0.355 e. The van der Waals surface area contributed by atoms with Crippen molar-refractivity contribution < 1.29 is 4.79 Å². The lowest BCUT2D eigenvalue weighted by atomic mass is 10.1. The molecule has 1 aliphatic rings. The molecule has 0 radical (unpaired) electrons. The summed E-state index contributed by atoms with van der Waals surface area (Å²) in [4.78, 5) is 32.9. The van der Waals surface area contributed by atoms with Gasteiger partial charge in [0.15, 0.2) is 0 Å². The number of aromatic nitrogens is 4. The Morgan fingerprint density at radius 1 is 1.12 bits per heavy atom. The molecular weight excluding hydrogens is 316 g/mol. The molecule has 128 valence electrons. The van der Waals surface area contributed by atoms with Gasteiger partial charge >= 0.3 is 0 Å². The minimum Gasteiger partial charge on any atom is -0.355 e. The molecule has 1 fully saturated rings. The van der Waals surface area contributed by atoms with Crippen LogP contribution in [-0.2, 0) is 0 Å². The molecule has 1 aliphatic heterocycles. The van der Waals surface area contributed by atoms with Crippen molar-refractivity contribution in [1.29, 1.82) is 0 Å². The molecule has 0 aliphatic carbocycles. The van der Waals surface area contributed by atoms with Crippen LogP contribution < -0.4 is 4.90 Å². The van der Waals surface area contributed by atoms with E-state index in [0.717, 1.165) is 48.7 Å². The van der Waals surface area contributed by atoms with Crippen LogP contribution in [0.2, 0.25) is 0 Å². The highest BCUT2D eigenvalue weighted by atomic mass is 16.2. The fourth-order valence-corrected chi connectivity index (χ4v) is 3.22. The van der Waals surface area contributed by atoms with Crippen molar-refractivity contribution in [3.05, 3.63) is 48.2 Å². The summed E-state index contributed by atoms with van der Waals surface area (Å²) in [6.07, 6.45) is 4.35. The third kappa shape index (κ3) is 3.17. The van der Waals surface area contributed by atoms with Gasteiger partial charge in [0.1, 0.15) is 11.6 Å². The van der Waals surface area contributed by atoms with Gasteiger partial charge in [-0.3, -0.25) is 4.79 Å². The van der Waals surface area contributed by atoms with E-state index in [1.165, 1.54) is 0 Å². The van der Waals surface area contributed by atoms with E-state index in [9.17, 15) is 4.79 Å². The maximum atomic E-state index is 12.9. The zero-order valence-corrected chi connectivity index (χ0v) is 14.1. The van der Waals surface area contributed by atoms with Gasteiger partial charge < -0.3 is 14.8 Å². The van der Waals surface area contributed by atoms with E-state index in [2.05, 4.69) is 24.8 Å². The quantitative estimate of drug-likeness (QED) is 0.774. The number of benzene rings is 1. The number of hydrogen-bond acceptors (Lipinski definition) is 5. The molecule has 4 rings (SSSR count). The van der Waals surface area contributed by atoms with Crippen LogP contribution in [0.15, 0.2) is 36.8 Å². The molecular formula is C18H20N6O. The average Bonchev–Trinajstić information content (AvgIpc) is 2.95. The number of fused-ring (bicyclic) bond motifs is 1. The molecule has 0 unspecified atom stereocenters. The molecule has 3 heterocycles. The van der Waals surface area contributed by atoms with Crippen molar-refractivity contribution >= 4 is 22.8 Å². The second kappa shape index (κ2) is 6.51. The van der Waals surface area contributed by atoms with Crippen molar-refractivity contribution in [2.75, 3.05) is 31.1 Å². The zero-order chi connectivity index (χ0) is 17.2. The highest BCUT2D eigenvalue weighted by Crippen LogP contribution is 2.17. The Balaban J connectivity index is 1.49. The smallest absolute Gasteiger partial charge is 0.253 e. The van der Waals surface area contributed by atoms with Crippen LogP contribution in [0.5, 0.6) is 0 Å². The molecule has 0 atom stereocenters. The number of nitrogens with one attached hydrogen (secondary N) is 1. The molecule has 2 aromatic heterocycles. The maximum Gasteiger partial charge on any atom is 0.253 e. The van der Waals surface area contributed by atoms with E-state index in [4.69, 9.17) is 0 Å². The fourth-order valence-electron chi connectivity index (χ4n) is 3.22. The monoisotopic (exact) mass is 336 g/mol. The molecule has 1 N–H and O–H groups in total. The van der Waals surface area contributed by atoms with Gasteiger partial charge in [-0.1, -0.05) is 0 Å². The molecule has 1 saturated heterocycles. The SMILES string of the molecule is Cc1nccc(N2CCCN(C(=O)c3ccc4nc[nH]c4c3)CC2)n1. The van der Waals surface area contributed by atoms with Crippen LogP contribution in [0.1, 0.15) is 22.6 Å². The second-order valence-corrected chi connectivity index (χ2v) is 6.23. The standard InChI is InChI=1S/C18H20N6O/c1-13-19-6-5-17(22-13)23-7-2-8-24(10-9-23)18(25)14-3-4-15-16(11-14)21-12-20-15/h3-6,11-12H,2,7-10H2,1H3,(H,20,21). The van der Waals surface area contributed by atoms with Gasteiger partial charge in [-0.25, -0.2) is 15.0 Å². The molecule has 7 heteroatoms. The number of carbonyl (C=O) groups excluding carboxylic acids is 1. The Labute approximate surface area is 145 Å². The number of aryl methyl sites for hydroxylation is 1. The van der Waals surface area contributed by atoms with Gasteiger partial charge in [0.25, 0.3) is 5.91 Å². The third-order valence-electron chi connectivity index (χ3n) is 4.54. The van der Waals surface area contributed by atoms with E-state index in [-0.39, 0.29) is 5.91 Å². The lowest BCUT2D eigenvalue weighted by molar-refractivity contribution is 0.0767. The minimum absolute atomic E-state index is 0.0669. The fraction of sp³-hybridized carbons (Fsp3) is 0.333. The Bertz CT molecular complexity index is 905.